The SMILES string of the molecule is Nc1c(F)cccc1C(=O)N1CCSCC1CC(=O)O. The number of benzene rings is 1. The number of carbonyl (C=O) groups is 2. The van der Waals surface area contributed by atoms with Crippen LogP contribution in [-0.4, -0.2) is 46.0 Å². The zero-order valence-corrected chi connectivity index (χ0v) is 11.5. The lowest BCUT2D eigenvalue weighted by Gasteiger charge is -2.34. The first-order chi connectivity index (χ1) is 9.50. The Morgan fingerprint density at radius 2 is 2.25 bits per heavy atom. The third-order valence-electron chi connectivity index (χ3n) is 3.18. The Labute approximate surface area is 119 Å². The summed E-state index contributed by atoms with van der Waals surface area (Å²) in [5, 5.41) is 8.90. The second kappa shape index (κ2) is 6.13. The van der Waals surface area contributed by atoms with E-state index in [-0.39, 0.29) is 23.7 Å². The number of hydrogen-bond acceptors (Lipinski definition) is 4. The molecule has 1 fully saturated rings. The molecule has 3 N–H and O–H groups in total. The van der Waals surface area contributed by atoms with Gasteiger partial charge in [0.25, 0.3) is 5.91 Å². The number of halogens is 1. The van der Waals surface area contributed by atoms with E-state index in [1.54, 1.807) is 11.8 Å². The van der Waals surface area contributed by atoms with Gasteiger partial charge in [0.05, 0.1) is 23.7 Å². The second-order valence-electron chi connectivity index (χ2n) is 4.53. The first-order valence-electron chi connectivity index (χ1n) is 6.15. The van der Waals surface area contributed by atoms with Crippen molar-refractivity contribution in [3.05, 3.63) is 29.6 Å². The van der Waals surface area contributed by atoms with Gasteiger partial charge < -0.3 is 15.7 Å². The van der Waals surface area contributed by atoms with Gasteiger partial charge in [0.2, 0.25) is 0 Å². The van der Waals surface area contributed by atoms with E-state index in [0.29, 0.717) is 12.3 Å². The number of thioether (sulfide) groups is 1. The Bertz CT molecular complexity index is 538. The minimum Gasteiger partial charge on any atom is -0.481 e. The molecule has 1 heterocycles. The summed E-state index contributed by atoms with van der Waals surface area (Å²) < 4.78 is 13.4. The second-order valence-corrected chi connectivity index (χ2v) is 5.68. The van der Waals surface area contributed by atoms with E-state index >= 15 is 0 Å². The van der Waals surface area contributed by atoms with E-state index in [1.165, 1.54) is 23.1 Å². The highest BCUT2D eigenvalue weighted by atomic mass is 32.2. The number of para-hydroxylation sites is 1. The molecule has 0 radical (unpaired) electrons. The molecule has 0 aromatic heterocycles. The van der Waals surface area contributed by atoms with Crippen LogP contribution < -0.4 is 5.73 Å². The molecule has 0 spiro atoms. The summed E-state index contributed by atoms with van der Waals surface area (Å²) in [4.78, 5) is 24.8. The van der Waals surface area contributed by atoms with Gasteiger partial charge in [0, 0.05) is 18.1 Å². The topological polar surface area (TPSA) is 83.6 Å². The van der Waals surface area contributed by atoms with Crippen molar-refractivity contribution in [3.8, 4) is 0 Å². The average Bonchev–Trinajstić information content (AvgIpc) is 2.41. The van der Waals surface area contributed by atoms with Gasteiger partial charge in [0.15, 0.2) is 0 Å². The molecule has 5 nitrogen and oxygen atoms in total. The Hall–Kier alpha value is -1.76. The molecule has 108 valence electrons. The molecule has 2 rings (SSSR count). The Balaban J connectivity index is 2.25. The van der Waals surface area contributed by atoms with E-state index in [1.807, 2.05) is 0 Å². The number of nitrogens with two attached hydrogens (primary N) is 1. The summed E-state index contributed by atoms with van der Waals surface area (Å²) in [5.74, 6) is -0.710. The third-order valence-corrected chi connectivity index (χ3v) is 4.27. The third kappa shape index (κ3) is 3.04. The maximum absolute atomic E-state index is 13.4. The zero-order chi connectivity index (χ0) is 14.7. The van der Waals surface area contributed by atoms with Crippen LogP contribution in [0.4, 0.5) is 10.1 Å². The van der Waals surface area contributed by atoms with Gasteiger partial charge in [-0.3, -0.25) is 9.59 Å². The fourth-order valence-electron chi connectivity index (χ4n) is 2.17. The summed E-state index contributed by atoms with van der Waals surface area (Å²) >= 11 is 1.61. The lowest BCUT2D eigenvalue weighted by Crippen LogP contribution is -2.47. The van der Waals surface area contributed by atoms with Gasteiger partial charge >= 0.3 is 5.97 Å². The Kier molecular flexibility index (Phi) is 4.49. The van der Waals surface area contributed by atoms with Gasteiger partial charge in [-0.15, -0.1) is 0 Å². The number of carbonyl (C=O) groups excluding carboxylic acids is 1. The normalized spacial score (nSPS) is 18.9. The fraction of sp³-hybridized carbons (Fsp3) is 0.385. The number of nitrogens with zero attached hydrogens (tertiary/aromatic N) is 1. The van der Waals surface area contributed by atoms with Crippen molar-refractivity contribution in [3.63, 3.8) is 0 Å². The lowest BCUT2D eigenvalue weighted by atomic mass is 10.1. The number of amides is 1. The summed E-state index contributed by atoms with van der Waals surface area (Å²) in [6.07, 6.45) is -0.117. The first kappa shape index (κ1) is 14.6. The monoisotopic (exact) mass is 298 g/mol. The average molecular weight is 298 g/mol. The van der Waals surface area contributed by atoms with Crippen molar-refractivity contribution in [1.29, 1.82) is 0 Å². The standard InChI is InChI=1S/C13H15FN2O3S/c14-10-3-1-2-9(12(10)15)13(19)16-4-5-20-7-8(16)6-11(17)18/h1-3,8H,4-7,15H2,(H,17,18). The lowest BCUT2D eigenvalue weighted by molar-refractivity contribution is -0.138. The van der Waals surface area contributed by atoms with Crippen molar-refractivity contribution in [2.45, 2.75) is 12.5 Å². The van der Waals surface area contributed by atoms with E-state index in [2.05, 4.69) is 0 Å². The summed E-state index contributed by atoms with van der Waals surface area (Å²) in [6, 6.07) is 3.68. The predicted molar refractivity (Wildman–Crippen MR) is 75.2 cm³/mol. The van der Waals surface area contributed by atoms with Crippen molar-refractivity contribution >= 4 is 29.3 Å². The predicted octanol–water partition coefficient (Wildman–Crippen LogP) is 1.44. The number of carboxylic acids is 1. The highest BCUT2D eigenvalue weighted by molar-refractivity contribution is 7.99. The zero-order valence-electron chi connectivity index (χ0n) is 10.7. The number of nitrogen functional groups attached to an aromatic ring is 1. The van der Waals surface area contributed by atoms with Crippen LogP contribution in [0.3, 0.4) is 0 Å². The molecule has 0 bridgehead atoms. The quantitative estimate of drug-likeness (QED) is 0.825. The van der Waals surface area contributed by atoms with Crippen LogP contribution in [-0.2, 0) is 4.79 Å². The molecule has 1 aromatic carbocycles. The van der Waals surface area contributed by atoms with Crippen LogP contribution in [0.15, 0.2) is 18.2 Å². The van der Waals surface area contributed by atoms with Crippen LogP contribution in [0.5, 0.6) is 0 Å². The van der Waals surface area contributed by atoms with Gasteiger partial charge in [0.1, 0.15) is 5.82 Å². The minimum absolute atomic E-state index is 0.0901. The highest BCUT2D eigenvalue weighted by Crippen LogP contribution is 2.24. The number of aliphatic carboxylic acids is 1. The number of anilines is 1. The van der Waals surface area contributed by atoms with Crippen LogP contribution in [0.1, 0.15) is 16.8 Å². The molecule has 0 saturated carbocycles. The maximum atomic E-state index is 13.4. The van der Waals surface area contributed by atoms with Crippen LogP contribution >= 0.6 is 11.8 Å². The Morgan fingerprint density at radius 1 is 1.50 bits per heavy atom. The molecule has 1 aromatic rings. The molecule has 1 saturated heterocycles. The van der Waals surface area contributed by atoms with Crippen molar-refractivity contribution in [2.75, 3.05) is 23.8 Å². The van der Waals surface area contributed by atoms with Crippen LogP contribution in [0, 0.1) is 5.82 Å². The largest absolute Gasteiger partial charge is 0.481 e. The van der Waals surface area contributed by atoms with E-state index < -0.39 is 17.7 Å². The van der Waals surface area contributed by atoms with Gasteiger partial charge in [-0.1, -0.05) is 6.07 Å². The molecular formula is C13H15FN2O3S. The van der Waals surface area contributed by atoms with Crippen LogP contribution in [0.25, 0.3) is 0 Å². The van der Waals surface area contributed by atoms with Crippen molar-refractivity contribution < 1.29 is 19.1 Å². The summed E-state index contributed by atoms with van der Waals surface area (Å²) in [7, 11) is 0. The molecule has 1 unspecified atom stereocenters. The first-order valence-corrected chi connectivity index (χ1v) is 7.30. The van der Waals surface area contributed by atoms with E-state index in [0.717, 1.165) is 5.75 Å². The van der Waals surface area contributed by atoms with E-state index in [4.69, 9.17) is 10.8 Å². The molecule has 1 aliphatic heterocycles. The van der Waals surface area contributed by atoms with Crippen molar-refractivity contribution in [1.82, 2.24) is 4.90 Å². The molecule has 1 aliphatic rings. The molecule has 20 heavy (non-hydrogen) atoms. The minimum atomic E-state index is -0.956. The van der Waals surface area contributed by atoms with Crippen molar-refractivity contribution in [2.24, 2.45) is 0 Å². The number of rotatable bonds is 3. The smallest absolute Gasteiger partial charge is 0.305 e. The Morgan fingerprint density at radius 3 is 2.95 bits per heavy atom. The highest BCUT2D eigenvalue weighted by Gasteiger charge is 2.30. The summed E-state index contributed by atoms with van der Waals surface area (Å²) in [6.45, 7) is 0.442. The summed E-state index contributed by atoms with van der Waals surface area (Å²) in [5.41, 5.74) is 5.49. The number of carboxylic acid groups (broad SMARTS) is 1. The molecular weight excluding hydrogens is 283 g/mol. The molecule has 1 amide bonds. The molecule has 7 heteroatoms. The van der Waals surface area contributed by atoms with Crippen LogP contribution in [0.2, 0.25) is 0 Å². The van der Waals surface area contributed by atoms with Gasteiger partial charge in [-0.05, 0) is 12.1 Å². The molecule has 1 atom stereocenters. The maximum Gasteiger partial charge on any atom is 0.305 e. The van der Waals surface area contributed by atoms with Gasteiger partial charge in [-0.2, -0.15) is 11.8 Å². The van der Waals surface area contributed by atoms with E-state index in [9.17, 15) is 14.0 Å². The number of hydrogen-bond donors (Lipinski definition) is 2. The molecule has 0 aliphatic carbocycles. The fourth-order valence-corrected chi connectivity index (χ4v) is 3.23. The van der Waals surface area contributed by atoms with Gasteiger partial charge in [-0.25, -0.2) is 4.39 Å².